The van der Waals surface area contributed by atoms with Gasteiger partial charge >= 0.3 is 6.03 Å². The van der Waals surface area contributed by atoms with Crippen molar-refractivity contribution in [3.05, 3.63) is 88.2 Å². The van der Waals surface area contributed by atoms with Gasteiger partial charge in [-0.3, -0.25) is 14.9 Å². The highest BCUT2D eigenvalue weighted by atomic mass is 16.2. The number of aryl methyl sites for hydroxylation is 2. The molecule has 0 unspecified atom stereocenters. The third-order valence-corrected chi connectivity index (χ3v) is 5.98. The molecule has 4 rings (SSSR count). The second-order valence-corrected chi connectivity index (χ2v) is 8.70. The highest BCUT2D eigenvalue weighted by molar-refractivity contribution is 6.39. The molecule has 3 aromatic rings. The second-order valence-electron chi connectivity index (χ2n) is 8.70. The Morgan fingerprint density at radius 3 is 2.06 bits per heavy atom. The Hall–Kier alpha value is -3.93. The highest BCUT2D eigenvalue weighted by Crippen LogP contribution is 2.27. The first-order valence-corrected chi connectivity index (χ1v) is 10.9. The first kappa shape index (κ1) is 22.3. The van der Waals surface area contributed by atoms with Gasteiger partial charge in [0.15, 0.2) is 0 Å². The topological polar surface area (TPSA) is 71.4 Å². The Bertz CT molecular complexity index is 1280. The first-order chi connectivity index (χ1) is 15.7. The number of imide groups is 2. The summed E-state index contributed by atoms with van der Waals surface area (Å²) in [6.07, 6.45) is 1.56. The van der Waals surface area contributed by atoms with E-state index in [1.165, 1.54) is 5.56 Å². The monoisotopic (exact) mass is 441 g/mol. The molecule has 2 heterocycles. The molecule has 0 saturated carbocycles. The van der Waals surface area contributed by atoms with Crippen LogP contribution in [0.15, 0.2) is 60.2 Å². The quantitative estimate of drug-likeness (QED) is 0.447. The van der Waals surface area contributed by atoms with E-state index in [0.717, 1.165) is 33.1 Å². The Labute approximate surface area is 193 Å². The van der Waals surface area contributed by atoms with Crippen molar-refractivity contribution in [1.29, 1.82) is 0 Å². The van der Waals surface area contributed by atoms with Crippen molar-refractivity contribution in [2.75, 3.05) is 4.90 Å². The van der Waals surface area contributed by atoms with E-state index in [4.69, 9.17) is 0 Å². The lowest BCUT2D eigenvalue weighted by atomic mass is 10.0. The van der Waals surface area contributed by atoms with Crippen LogP contribution in [0, 0.1) is 20.8 Å². The van der Waals surface area contributed by atoms with E-state index in [9.17, 15) is 14.4 Å². The number of urea groups is 1. The van der Waals surface area contributed by atoms with Gasteiger partial charge in [-0.05, 0) is 74.2 Å². The lowest BCUT2D eigenvalue weighted by molar-refractivity contribution is -0.122. The predicted molar refractivity (Wildman–Crippen MR) is 130 cm³/mol. The van der Waals surface area contributed by atoms with Crippen LogP contribution in [0.5, 0.6) is 0 Å². The zero-order chi connectivity index (χ0) is 23.9. The summed E-state index contributed by atoms with van der Waals surface area (Å²) >= 11 is 0. The van der Waals surface area contributed by atoms with Gasteiger partial charge in [-0.2, -0.15) is 0 Å². The number of amides is 4. The van der Waals surface area contributed by atoms with Gasteiger partial charge in [0.2, 0.25) is 0 Å². The molecular formula is C27H27N3O3. The van der Waals surface area contributed by atoms with Crippen molar-refractivity contribution in [3.8, 4) is 5.69 Å². The summed E-state index contributed by atoms with van der Waals surface area (Å²) in [7, 11) is 0. The van der Waals surface area contributed by atoms with Gasteiger partial charge in [0.1, 0.15) is 5.57 Å². The molecule has 1 aliphatic rings. The van der Waals surface area contributed by atoms with Crippen LogP contribution < -0.4 is 10.2 Å². The summed E-state index contributed by atoms with van der Waals surface area (Å²) < 4.78 is 2.07. The van der Waals surface area contributed by atoms with Crippen LogP contribution in [0.3, 0.4) is 0 Å². The fraction of sp³-hybridized carbons (Fsp3) is 0.222. The largest absolute Gasteiger partial charge is 0.335 e. The summed E-state index contributed by atoms with van der Waals surface area (Å²) in [4.78, 5) is 39.4. The molecule has 33 heavy (non-hydrogen) atoms. The smallest absolute Gasteiger partial charge is 0.318 e. The Balaban J connectivity index is 1.72. The van der Waals surface area contributed by atoms with Gasteiger partial charge in [-0.1, -0.05) is 43.7 Å². The summed E-state index contributed by atoms with van der Waals surface area (Å²) in [6, 6.07) is 16.6. The zero-order valence-electron chi connectivity index (χ0n) is 19.5. The number of rotatable bonds is 4. The lowest BCUT2D eigenvalue weighted by Crippen LogP contribution is -2.54. The summed E-state index contributed by atoms with van der Waals surface area (Å²) in [5.74, 6) is -1.01. The van der Waals surface area contributed by atoms with Crippen molar-refractivity contribution < 1.29 is 14.4 Å². The fourth-order valence-corrected chi connectivity index (χ4v) is 4.08. The SMILES string of the molecule is Cc1ccc(-n2c(C)cc(C=C3C(=O)NC(=O)N(c4ccc(C(C)C)cc4)C3=O)c2C)cc1. The third kappa shape index (κ3) is 4.12. The van der Waals surface area contributed by atoms with Crippen LogP contribution in [0.2, 0.25) is 0 Å². The van der Waals surface area contributed by atoms with E-state index in [2.05, 4.69) is 23.7 Å². The molecule has 2 aromatic carbocycles. The molecule has 0 radical (unpaired) electrons. The highest BCUT2D eigenvalue weighted by Gasteiger charge is 2.37. The molecule has 0 spiro atoms. The molecule has 0 bridgehead atoms. The minimum Gasteiger partial charge on any atom is -0.318 e. The van der Waals surface area contributed by atoms with Gasteiger partial charge in [-0.15, -0.1) is 0 Å². The van der Waals surface area contributed by atoms with Crippen LogP contribution >= 0.6 is 0 Å². The summed E-state index contributed by atoms with van der Waals surface area (Å²) in [5.41, 5.74) is 6.23. The molecule has 0 aliphatic carbocycles. The maximum atomic E-state index is 13.2. The molecule has 0 atom stereocenters. The van der Waals surface area contributed by atoms with Gasteiger partial charge in [-0.25, -0.2) is 9.69 Å². The number of nitrogens with zero attached hydrogens (tertiary/aromatic N) is 2. The predicted octanol–water partition coefficient (Wildman–Crippen LogP) is 5.19. The number of aromatic nitrogens is 1. The van der Waals surface area contributed by atoms with Crippen molar-refractivity contribution in [3.63, 3.8) is 0 Å². The zero-order valence-corrected chi connectivity index (χ0v) is 19.5. The average Bonchev–Trinajstić information content (AvgIpc) is 3.05. The maximum absolute atomic E-state index is 13.2. The Morgan fingerprint density at radius 2 is 1.45 bits per heavy atom. The Morgan fingerprint density at radius 1 is 0.848 bits per heavy atom. The van der Waals surface area contributed by atoms with Gasteiger partial charge < -0.3 is 4.57 Å². The van der Waals surface area contributed by atoms with Crippen molar-refractivity contribution in [2.45, 2.75) is 40.5 Å². The molecular weight excluding hydrogens is 414 g/mol. The lowest BCUT2D eigenvalue weighted by Gasteiger charge is -2.26. The van der Waals surface area contributed by atoms with Crippen LogP contribution in [0.1, 0.15) is 47.8 Å². The number of hydrogen-bond acceptors (Lipinski definition) is 3. The molecule has 1 aliphatic heterocycles. The number of carbonyl (C=O) groups excluding carboxylic acids is 3. The van der Waals surface area contributed by atoms with E-state index in [0.29, 0.717) is 11.6 Å². The van der Waals surface area contributed by atoms with Gasteiger partial charge in [0.25, 0.3) is 11.8 Å². The van der Waals surface area contributed by atoms with E-state index in [-0.39, 0.29) is 5.57 Å². The van der Waals surface area contributed by atoms with Crippen LogP contribution in [0.4, 0.5) is 10.5 Å². The van der Waals surface area contributed by atoms with E-state index < -0.39 is 17.8 Å². The molecule has 6 heteroatoms. The number of carbonyl (C=O) groups is 3. The van der Waals surface area contributed by atoms with E-state index in [1.54, 1.807) is 18.2 Å². The van der Waals surface area contributed by atoms with Crippen LogP contribution in [-0.4, -0.2) is 22.4 Å². The second kappa shape index (κ2) is 8.54. The molecule has 1 N–H and O–H groups in total. The number of nitrogens with one attached hydrogen (secondary N) is 1. The fourth-order valence-electron chi connectivity index (χ4n) is 4.08. The number of benzene rings is 2. The number of hydrogen-bond donors (Lipinski definition) is 1. The van der Waals surface area contributed by atoms with Gasteiger partial charge in [0.05, 0.1) is 5.69 Å². The average molecular weight is 442 g/mol. The minimum absolute atomic E-state index is 0.0771. The van der Waals surface area contributed by atoms with E-state index >= 15 is 0 Å². The summed E-state index contributed by atoms with van der Waals surface area (Å²) in [5, 5.41) is 2.30. The van der Waals surface area contributed by atoms with Crippen molar-refractivity contribution >= 4 is 29.6 Å². The first-order valence-electron chi connectivity index (χ1n) is 10.9. The minimum atomic E-state index is -0.746. The molecule has 4 amide bonds. The molecule has 1 saturated heterocycles. The maximum Gasteiger partial charge on any atom is 0.335 e. The number of barbiturate groups is 1. The van der Waals surface area contributed by atoms with E-state index in [1.807, 2.05) is 63.2 Å². The summed E-state index contributed by atoms with van der Waals surface area (Å²) in [6.45, 7) is 10.1. The molecule has 6 nitrogen and oxygen atoms in total. The molecule has 1 fully saturated rings. The Kier molecular flexibility index (Phi) is 5.77. The van der Waals surface area contributed by atoms with Crippen LogP contribution in [-0.2, 0) is 9.59 Å². The standard InChI is InChI=1S/C27H27N3O3/c1-16(2)20-8-12-23(13-9-20)30-26(32)24(25(31)28-27(30)33)15-21-14-18(4)29(19(21)5)22-10-6-17(3)7-11-22/h6-16H,1-5H3,(H,28,31,33). The molecule has 168 valence electrons. The van der Waals surface area contributed by atoms with Crippen LogP contribution in [0.25, 0.3) is 11.8 Å². The normalized spacial score (nSPS) is 15.5. The van der Waals surface area contributed by atoms with Crippen molar-refractivity contribution in [2.24, 2.45) is 0 Å². The third-order valence-electron chi connectivity index (χ3n) is 5.98. The van der Waals surface area contributed by atoms with Crippen molar-refractivity contribution in [1.82, 2.24) is 9.88 Å². The van der Waals surface area contributed by atoms with Gasteiger partial charge in [0, 0.05) is 17.1 Å². The molecule has 1 aromatic heterocycles. The number of anilines is 1.